The van der Waals surface area contributed by atoms with Gasteiger partial charge in [-0.2, -0.15) is 0 Å². The van der Waals surface area contributed by atoms with Crippen LogP contribution in [0.1, 0.15) is 6.92 Å². The normalized spacial score (nSPS) is 14.6. The summed E-state index contributed by atoms with van der Waals surface area (Å²) in [4.78, 5) is 12.1. The number of nitrogens with two attached hydrogens (primary N) is 2. The largest absolute Gasteiger partial charge is 0.368 e. The fraction of sp³-hybridized carbons (Fsp3) is 0.300. The summed E-state index contributed by atoms with van der Waals surface area (Å²) in [5.41, 5.74) is 9.96. The van der Waals surface area contributed by atoms with E-state index in [1.165, 1.54) is 11.8 Å². The van der Waals surface area contributed by atoms with E-state index in [4.69, 9.17) is 11.5 Å². The summed E-state index contributed by atoms with van der Waals surface area (Å²) < 4.78 is 0.996. The van der Waals surface area contributed by atoms with E-state index in [9.17, 15) is 4.79 Å². The first-order valence-corrected chi connectivity index (χ1v) is 6.17. The minimum Gasteiger partial charge on any atom is -0.368 e. The fourth-order valence-electron chi connectivity index (χ4n) is 0.861. The lowest BCUT2D eigenvalue weighted by molar-refractivity contribution is -0.121. The minimum atomic E-state index is -0.972. The molecule has 0 aliphatic carbocycles. The second kappa shape index (κ2) is 5.01. The van der Waals surface area contributed by atoms with Crippen LogP contribution in [0.15, 0.2) is 33.6 Å². The number of amides is 1. The van der Waals surface area contributed by atoms with Gasteiger partial charge in [0.05, 0.1) is 0 Å². The fourth-order valence-corrected chi connectivity index (χ4v) is 2.47. The Morgan fingerprint density at radius 3 is 2.67 bits per heavy atom. The van der Waals surface area contributed by atoms with Gasteiger partial charge >= 0.3 is 0 Å². The van der Waals surface area contributed by atoms with Gasteiger partial charge in [-0.05, 0) is 35.0 Å². The molecule has 0 radical (unpaired) electrons. The third-order valence-corrected chi connectivity index (χ3v) is 4.29. The van der Waals surface area contributed by atoms with E-state index < -0.39 is 11.4 Å². The van der Waals surface area contributed by atoms with E-state index in [0.29, 0.717) is 5.75 Å². The van der Waals surface area contributed by atoms with Gasteiger partial charge in [0, 0.05) is 15.1 Å². The Morgan fingerprint density at radius 1 is 1.53 bits per heavy atom. The molecule has 1 aromatic carbocycles. The van der Waals surface area contributed by atoms with Crippen molar-refractivity contribution >= 4 is 33.6 Å². The molecule has 5 heteroatoms. The van der Waals surface area contributed by atoms with E-state index in [0.717, 1.165) is 9.37 Å². The van der Waals surface area contributed by atoms with Gasteiger partial charge in [-0.1, -0.05) is 12.1 Å². The molecule has 0 aliphatic heterocycles. The zero-order chi connectivity index (χ0) is 11.5. The van der Waals surface area contributed by atoms with Crippen LogP contribution in [-0.4, -0.2) is 17.2 Å². The van der Waals surface area contributed by atoms with Gasteiger partial charge in [-0.3, -0.25) is 4.79 Å². The molecule has 1 rings (SSSR count). The van der Waals surface area contributed by atoms with E-state index in [1.807, 2.05) is 24.3 Å². The lowest BCUT2D eigenvalue weighted by atomic mass is 10.1. The van der Waals surface area contributed by atoms with Crippen molar-refractivity contribution < 1.29 is 4.79 Å². The molecule has 0 fully saturated rings. The Kier molecular flexibility index (Phi) is 4.19. The molecule has 0 bridgehead atoms. The number of primary amides is 1. The van der Waals surface area contributed by atoms with Gasteiger partial charge < -0.3 is 11.5 Å². The molecule has 3 nitrogen and oxygen atoms in total. The molecule has 0 aromatic heterocycles. The predicted octanol–water partition coefficient (Wildman–Crippen LogP) is 1.74. The van der Waals surface area contributed by atoms with Crippen LogP contribution < -0.4 is 11.5 Å². The smallest absolute Gasteiger partial charge is 0.238 e. The maximum Gasteiger partial charge on any atom is 0.238 e. The molecule has 1 atom stereocenters. The third-order valence-electron chi connectivity index (χ3n) is 1.93. The summed E-state index contributed by atoms with van der Waals surface area (Å²) in [5, 5.41) is 0. The number of carbonyl (C=O) groups excluding carboxylic acids is 1. The molecule has 15 heavy (non-hydrogen) atoms. The van der Waals surface area contributed by atoms with Crippen molar-refractivity contribution in [2.75, 3.05) is 5.75 Å². The highest BCUT2D eigenvalue weighted by Gasteiger charge is 2.25. The Hall–Kier alpha value is -0.520. The summed E-state index contributed by atoms with van der Waals surface area (Å²) in [7, 11) is 0. The number of hydrogen-bond acceptors (Lipinski definition) is 3. The maximum absolute atomic E-state index is 11.0. The van der Waals surface area contributed by atoms with Gasteiger partial charge in [0.25, 0.3) is 0 Å². The van der Waals surface area contributed by atoms with Gasteiger partial charge in [-0.15, -0.1) is 11.8 Å². The van der Waals surface area contributed by atoms with Crippen molar-refractivity contribution in [2.45, 2.75) is 17.4 Å². The summed E-state index contributed by atoms with van der Waals surface area (Å²) in [6.45, 7) is 1.64. The van der Waals surface area contributed by atoms with E-state index >= 15 is 0 Å². The lowest BCUT2D eigenvalue weighted by Gasteiger charge is -2.19. The van der Waals surface area contributed by atoms with Crippen LogP contribution in [0.3, 0.4) is 0 Å². The van der Waals surface area contributed by atoms with Crippen LogP contribution in [0.25, 0.3) is 0 Å². The summed E-state index contributed by atoms with van der Waals surface area (Å²) in [5.74, 6) is -0.0210. The minimum absolute atomic E-state index is 0.463. The Bertz CT molecular complexity index is 368. The SMILES string of the molecule is CC(N)(CSc1ccccc1Br)C(N)=O. The zero-order valence-corrected chi connectivity index (χ0v) is 10.8. The van der Waals surface area contributed by atoms with Crippen molar-refractivity contribution in [1.29, 1.82) is 0 Å². The Morgan fingerprint density at radius 2 is 2.13 bits per heavy atom. The standard InChI is InChI=1S/C10H13BrN2OS/c1-10(13,9(12)14)6-15-8-5-3-2-4-7(8)11/h2-5H,6,13H2,1H3,(H2,12,14). The summed E-state index contributed by atoms with van der Waals surface area (Å²) in [6, 6.07) is 7.78. The number of benzene rings is 1. The first-order chi connectivity index (χ1) is 6.93. The molecule has 1 amide bonds. The van der Waals surface area contributed by atoms with Crippen LogP contribution in [0, 0.1) is 0 Å². The van der Waals surface area contributed by atoms with Crippen molar-refractivity contribution in [2.24, 2.45) is 11.5 Å². The van der Waals surface area contributed by atoms with E-state index in [2.05, 4.69) is 15.9 Å². The van der Waals surface area contributed by atoms with Crippen LogP contribution in [0.5, 0.6) is 0 Å². The number of halogens is 1. The highest BCUT2D eigenvalue weighted by molar-refractivity contribution is 9.10. The van der Waals surface area contributed by atoms with Crippen molar-refractivity contribution in [3.8, 4) is 0 Å². The maximum atomic E-state index is 11.0. The van der Waals surface area contributed by atoms with Crippen molar-refractivity contribution in [3.05, 3.63) is 28.7 Å². The van der Waals surface area contributed by atoms with Crippen molar-refractivity contribution in [3.63, 3.8) is 0 Å². The molecule has 1 unspecified atom stereocenters. The first-order valence-electron chi connectivity index (χ1n) is 4.39. The molecule has 0 aliphatic rings. The van der Waals surface area contributed by atoms with Crippen LogP contribution >= 0.6 is 27.7 Å². The second-order valence-corrected chi connectivity index (χ2v) is 5.37. The molecule has 0 saturated heterocycles. The molecule has 1 aromatic rings. The summed E-state index contributed by atoms with van der Waals surface area (Å²) >= 11 is 4.93. The second-order valence-electron chi connectivity index (χ2n) is 3.50. The monoisotopic (exact) mass is 288 g/mol. The third kappa shape index (κ3) is 3.52. The zero-order valence-electron chi connectivity index (χ0n) is 8.37. The predicted molar refractivity (Wildman–Crippen MR) is 66.7 cm³/mol. The number of hydrogen-bond donors (Lipinski definition) is 2. The quantitative estimate of drug-likeness (QED) is 0.830. The van der Waals surface area contributed by atoms with Crippen LogP contribution in [0.2, 0.25) is 0 Å². The molecular weight excluding hydrogens is 276 g/mol. The molecule has 0 spiro atoms. The van der Waals surface area contributed by atoms with Gasteiger partial charge in [-0.25, -0.2) is 0 Å². The highest BCUT2D eigenvalue weighted by Crippen LogP contribution is 2.28. The van der Waals surface area contributed by atoms with E-state index in [1.54, 1.807) is 6.92 Å². The van der Waals surface area contributed by atoms with Crippen LogP contribution in [-0.2, 0) is 4.79 Å². The molecule has 4 N–H and O–H groups in total. The average Bonchev–Trinajstić information content (AvgIpc) is 2.16. The van der Waals surface area contributed by atoms with Gasteiger partial charge in [0.2, 0.25) is 5.91 Å². The number of carbonyl (C=O) groups is 1. The highest BCUT2D eigenvalue weighted by atomic mass is 79.9. The number of thioether (sulfide) groups is 1. The molecule has 0 saturated carbocycles. The average molecular weight is 289 g/mol. The van der Waals surface area contributed by atoms with Gasteiger partial charge in [0.15, 0.2) is 0 Å². The lowest BCUT2D eigenvalue weighted by Crippen LogP contribution is -2.51. The molecule has 82 valence electrons. The van der Waals surface area contributed by atoms with Gasteiger partial charge in [0.1, 0.15) is 5.54 Å². The Labute approximate surface area is 102 Å². The first kappa shape index (κ1) is 12.5. The molecule has 0 heterocycles. The van der Waals surface area contributed by atoms with E-state index in [-0.39, 0.29) is 0 Å². The summed E-state index contributed by atoms with van der Waals surface area (Å²) in [6.07, 6.45) is 0. The molecular formula is C10H13BrN2OS. The number of rotatable bonds is 4. The van der Waals surface area contributed by atoms with Crippen molar-refractivity contribution in [1.82, 2.24) is 0 Å². The Balaban J connectivity index is 2.66. The topological polar surface area (TPSA) is 69.1 Å². The van der Waals surface area contributed by atoms with Crippen LogP contribution in [0.4, 0.5) is 0 Å².